The lowest BCUT2D eigenvalue weighted by Gasteiger charge is -2.28. The summed E-state index contributed by atoms with van der Waals surface area (Å²) in [6.07, 6.45) is 9.35. The molecule has 1 unspecified atom stereocenters. The van der Waals surface area contributed by atoms with Crippen molar-refractivity contribution in [3.8, 4) is 11.1 Å². The molecule has 1 aliphatic carbocycles. The van der Waals surface area contributed by atoms with Crippen molar-refractivity contribution in [2.75, 3.05) is 0 Å². The number of oxime groups is 2. The number of hydrogen-bond acceptors (Lipinski definition) is 6. The van der Waals surface area contributed by atoms with E-state index < -0.39 is 4.92 Å². The lowest BCUT2D eigenvalue weighted by molar-refractivity contribution is -0.384. The van der Waals surface area contributed by atoms with Crippen LogP contribution in [0.4, 0.5) is 5.69 Å². The van der Waals surface area contributed by atoms with Gasteiger partial charge in [-0.3, -0.25) is 10.1 Å². The average molecular weight is 452 g/mol. The lowest BCUT2D eigenvalue weighted by atomic mass is 9.76. The second-order valence-electron chi connectivity index (χ2n) is 8.77. The molecule has 1 fully saturated rings. The number of nitro groups is 1. The van der Waals surface area contributed by atoms with E-state index in [0.29, 0.717) is 5.71 Å². The van der Waals surface area contributed by atoms with E-state index in [1.165, 1.54) is 18.6 Å². The number of nitro benzene ring substituents is 1. The first-order valence-corrected chi connectivity index (χ1v) is 11.9. The molecule has 1 saturated carbocycles. The topological polar surface area (TPSA) is 108 Å². The maximum absolute atomic E-state index is 10.9. The monoisotopic (exact) mass is 451 g/mol. The SMILES string of the molecule is CCCCCC(C(=NO)c1ccc(-c2ccc([N+](=O)[O-])cc2)cc1)C(=NO)C1CCCCC1. The highest BCUT2D eigenvalue weighted by Crippen LogP contribution is 2.32. The summed E-state index contributed by atoms with van der Waals surface area (Å²) < 4.78 is 0. The van der Waals surface area contributed by atoms with Crippen LogP contribution in [0.15, 0.2) is 58.8 Å². The van der Waals surface area contributed by atoms with E-state index in [9.17, 15) is 20.5 Å². The van der Waals surface area contributed by atoms with E-state index in [2.05, 4.69) is 17.2 Å². The Morgan fingerprint density at radius 3 is 2.09 bits per heavy atom. The van der Waals surface area contributed by atoms with E-state index in [4.69, 9.17) is 0 Å². The molecular formula is C26H33N3O4. The minimum atomic E-state index is -0.415. The summed E-state index contributed by atoms with van der Waals surface area (Å²) in [5.74, 6) is -0.0219. The Labute approximate surface area is 195 Å². The largest absolute Gasteiger partial charge is 0.411 e. The van der Waals surface area contributed by atoms with Crippen LogP contribution in [0.5, 0.6) is 0 Å². The number of hydrogen-bond donors (Lipinski definition) is 2. The number of benzene rings is 2. The quantitative estimate of drug-likeness (QED) is 0.133. The van der Waals surface area contributed by atoms with Crippen molar-refractivity contribution >= 4 is 17.1 Å². The van der Waals surface area contributed by atoms with Crippen LogP contribution in [-0.2, 0) is 0 Å². The highest BCUT2D eigenvalue weighted by atomic mass is 16.6. The molecule has 0 radical (unpaired) electrons. The Kier molecular flexibility index (Phi) is 8.98. The number of non-ortho nitro benzene ring substituents is 1. The zero-order chi connectivity index (χ0) is 23.6. The highest BCUT2D eigenvalue weighted by Gasteiger charge is 2.31. The van der Waals surface area contributed by atoms with E-state index in [-0.39, 0.29) is 17.5 Å². The maximum Gasteiger partial charge on any atom is 0.269 e. The van der Waals surface area contributed by atoms with E-state index in [1.807, 2.05) is 24.3 Å². The molecule has 7 nitrogen and oxygen atoms in total. The first-order chi connectivity index (χ1) is 16.1. The average Bonchev–Trinajstić information content (AvgIpc) is 2.86. The fourth-order valence-corrected chi connectivity index (χ4v) is 4.80. The first-order valence-electron chi connectivity index (χ1n) is 11.9. The molecule has 0 spiro atoms. The fraction of sp³-hybridized carbons (Fsp3) is 0.462. The number of unbranched alkanes of at least 4 members (excludes halogenated alkanes) is 2. The molecule has 0 aromatic heterocycles. The van der Waals surface area contributed by atoms with Crippen LogP contribution in [0.3, 0.4) is 0 Å². The standard InChI is InChI=1S/C26H33N3O4/c1-2-3-5-10-24(25(27-30)21-8-6-4-7-9-21)26(28-31)22-13-11-19(12-14-22)20-15-17-23(18-16-20)29(32)33/h11-18,21,24,30-31H,2-10H2,1H3. The zero-order valence-electron chi connectivity index (χ0n) is 19.2. The summed E-state index contributed by atoms with van der Waals surface area (Å²) in [6.45, 7) is 2.15. The van der Waals surface area contributed by atoms with E-state index in [1.54, 1.807) is 12.1 Å². The summed E-state index contributed by atoms with van der Waals surface area (Å²) in [6, 6.07) is 14.1. The normalized spacial score (nSPS) is 16.5. The van der Waals surface area contributed by atoms with Gasteiger partial charge >= 0.3 is 0 Å². The minimum absolute atomic E-state index is 0.0542. The summed E-state index contributed by atoms with van der Waals surface area (Å²) in [4.78, 5) is 10.5. The third kappa shape index (κ3) is 6.18. The Bertz CT molecular complexity index is 962. The van der Waals surface area contributed by atoms with Crippen molar-refractivity contribution < 1.29 is 15.3 Å². The zero-order valence-corrected chi connectivity index (χ0v) is 19.2. The van der Waals surface area contributed by atoms with Crippen LogP contribution in [-0.4, -0.2) is 26.8 Å². The van der Waals surface area contributed by atoms with E-state index >= 15 is 0 Å². The second-order valence-corrected chi connectivity index (χ2v) is 8.77. The Morgan fingerprint density at radius 1 is 0.970 bits per heavy atom. The van der Waals surface area contributed by atoms with Crippen LogP contribution in [0.2, 0.25) is 0 Å². The smallest absolute Gasteiger partial charge is 0.269 e. The molecule has 1 atom stereocenters. The summed E-state index contributed by atoms with van der Waals surface area (Å²) in [7, 11) is 0. The van der Waals surface area contributed by atoms with Gasteiger partial charge in [0.1, 0.15) is 0 Å². The molecule has 3 rings (SSSR count). The van der Waals surface area contributed by atoms with Gasteiger partial charge in [-0.15, -0.1) is 0 Å². The molecule has 0 saturated heterocycles. The molecule has 0 aliphatic heterocycles. The summed E-state index contributed by atoms with van der Waals surface area (Å²) in [5, 5.41) is 38.3. The minimum Gasteiger partial charge on any atom is -0.411 e. The Hall–Kier alpha value is -3.22. The van der Waals surface area contributed by atoms with Crippen LogP contribution >= 0.6 is 0 Å². The molecule has 33 heavy (non-hydrogen) atoms. The maximum atomic E-state index is 10.9. The molecule has 1 aliphatic rings. The fourth-order valence-electron chi connectivity index (χ4n) is 4.80. The van der Waals surface area contributed by atoms with Crippen LogP contribution in [0.25, 0.3) is 11.1 Å². The van der Waals surface area contributed by atoms with Gasteiger partial charge in [0.15, 0.2) is 0 Å². The van der Waals surface area contributed by atoms with Gasteiger partial charge in [0, 0.05) is 29.5 Å². The second kappa shape index (κ2) is 12.1. The summed E-state index contributed by atoms with van der Waals surface area (Å²) >= 11 is 0. The van der Waals surface area contributed by atoms with Crippen molar-refractivity contribution in [2.45, 2.75) is 64.7 Å². The van der Waals surface area contributed by atoms with Crippen molar-refractivity contribution in [2.24, 2.45) is 22.1 Å². The summed E-state index contributed by atoms with van der Waals surface area (Å²) in [5.41, 5.74) is 3.88. The molecule has 0 amide bonds. The molecule has 2 aromatic carbocycles. The Balaban J connectivity index is 1.86. The third-order valence-corrected chi connectivity index (χ3v) is 6.62. The van der Waals surface area contributed by atoms with Gasteiger partial charge in [0.2, 0.25) is 0 Å². The van der Waals surface area contributed by atoms with Crippen LogP contribution in [0.1, 0.15) is 70.3 Å². The molecule has 176 valence electrons. The molecule has 2 N–H and O–H groups in total. The van der Waals surface area contributed by atoms with Gasteiger partial charge in [-0.05, 0) is 42.5 Å². The lowest BCUT2D eigenvalue weighted by Crippen LogP contribution is -2.32. The van der Waals surface area contributed by atoms with Crippen molar-refractivity contribution in [1.82, 2.24) is 0 Å². The molecule has 7 heteroatoms. The van der Waals surface area contributed by atoms with Gasteiger partial charge in [-0.25, -0.2) is 0 Å². The van der Waals surface area contributed by atoms with Crippen molar-refractivity contribution in [3.63, 3.8) is 0 Å². The molecule has 2 aromatic rings. The number of nitrogens with zero attached hydrogens (tertiary/aromatic N) is 3. The van der Waals surface area contributed by atoms with Gasteiger partial charge < -0.3 is 10.4 Å². The van der Waals surface area contributed by atoms with Gasteiger partial charge in [-0.1, -0.05) is 80.0 Å². The van der Waals surface area contributed by atoms with E-state index in [0.717, 1.165) is 73.8 Å². The van der Waals surface area contributed by atoms with Gasteiger partial charge in [-0.2, -0.15) is 0 Å². The Morgan fingerprint density at radius 2 is 1.58 bits per heavy atom. The molecule has 0 heterocycles. The predicted molar refractivity (Wildman–Crippen MR) is 130 cm³/mol. The first kappa shape index (κ1) is 24.4. The molecular weight excluding hydrogens is 418 g/mol. The van der Waals surface area contributed by atoms with Gasteiger partial charge in [0.05, 0.1) is 16.3 Å². The van der Waals surface area contributed by atoms with Crippen LogP contribution < -0.4 is 0 Å². The van der Waals surface area contributed by atoms with Crippen LogP contribution in [0, 0.1) is 22.0 Å². The van der Waals surface area contributed by atoms with Crippen molar-refractivity contribution in [1.29, 1.82) is 0 Å². The van der Waals surface area contributed by atoms with Gasteiger partial charge in [0.25, 0.3) is 5.69 Å². The molecule has 0 bridgehead atoms. The third-order valence-electron chi connectivity index (χ3n) is 6.62. The highest BCUT2D eigenvalue weighted by molar-refractivity contribution is 6.15. The predicted octanol–water partition coefficient (Wildman–Crippen LogP) is 7.05. The van der Waals surface area contributed by atoms with Crippen molar-refractivity contribution in [3.05, 3.63) is 64.2 Å². The number of rotatable bonds is 10.